The molecule has 0 aliphatic heterocycles. The van der Waals surface area contributed by atoms with Gasteiger partial charge in [0.1, 0.15) is 6.04 Å². The molecular formula is C7H9NO4. The topological polar surface area (TPSA) is 86.6 Å². The predicted molar refractivity (Wildman–Crippen MR) is 40.1 cm³/mol. The lowest BCUT2D eigenvalue weighted by atomic mass is 10.3. The first-order valence-corrected chi connectivity index (χ1v) is 3.18. The number of nitrogens with one attached hydrogen (secondary N) is 1. The van der Waals surface area contributed by atoms with Crippen molar-refractivity contribution in [3.63, 3.8) is 0 Å². The van der Waals surface area contributed by atoms with E-state index in [1.807, 2.05) is 11.2 Å². The molecule has 66 valence electrons. The molecule has 12 heavy (non-hydrogen) atoms. The highest BCUT2D eigenvalue weighted by Crippen LogP contribution is 1.84. The molecule has 0 aliphatic rings. The van der Waals surface area contributed by atoms with Crippen LogP contribution in [0.25, 0.3) is 0 Å². The molecule has 0 radical (unpaired) electrons. The number of aliphatic hydroxyl groups excluding tert-OH is 1. The summed E-state index contributed by atoms with van der Waals surface area (Å²) in [5.41, 5.74) is 0. The molecule has 0 heterocycles. The molecule has 1 amide bonds. The van der Waals surface area contributed by atoms with E-state index in [0.29, 0.717) is 0 Å². The molecule has 0 aromatic rings. The molecule has 5 heteroatoms. The van der Waals surface area contributed by atoms with Crippen molar-refractivity contribution in [1.29, 1.82) is 0 Å². The Morgan fingerprint density at radius 3 is 2.50 bits per heavy atom. The number of carbonyl (C=O) groups is 2. The summed E-state index contributed by atoms with van der Waals surface area (Å²) in [4.78, 5) is 20.9. The molecule has 0 bridgehead atoms. The monoisotopic (exact) mass is 171 g/mol. The fourth-order valence-electron chi connectivity index (χ4n) is 0.524. The molecule has 0 unspecified atom stereocenters. The maximum Gasteiger partial charge on any atom is 0.328 e. The molecule has 0 aliphatic carbocycles. The molecule has 0 rings (SSSR count). The summed E-state index contributed by atoms with van der Waals surface area (Å²) in [7, 11) is 0. The zero-order valence-corrected chi connectivity index (χ0v) is 6.28. The average Bonchev–Trinajstić information content (AvgIpc) is 2.00. The molecule has 0 spiro atoms. The maximum absolute atomic E-state index is 10.7. The third-order valence-corrected chi connectivity index (χ3v) is 1.08. The number of hydrogen-bond acceptors (Lipinski definition) is 3. The number of rotatable bonds is 4. The lowest BCUT2D eigenvalue weighted by molar-refractivity contribution is -0.142. The van der Waals surface area contributed by atoms with Gasteiger partial charge in [0.2, 0.25) is 5.91 Å². The Morgan fingerprint density at radius 2 is 2.17 bits per heavy atom. The molecular weight excluding hydrogens is 162 g/mol. The molecule has 1 atom stereocenters. The van der Waals surface area contributed by atoms with Crippen molar-refractivity contribution in [2.24, 2.45) is 0 Å². The third-order valence-electron chi connectivity index (χ3n) is 1.08. The van der Waals surface area contributed by atoms with Gasteiger partial charge >= 0.3 is 5.97 Å². The standard InChI is InChI=1S/C7H9NO4/c1-2-3-6(10)8-5(4-9)7(11)12/h1,5,9H,3-4H2,(H,8,10)(H,11,12)/t5-/m0/s1. The van der Waals surface area contributed by atoms with E-state index in [1.165, 1.54) is 0 Å². The Kier molecular flexibility index (Phi) is 4.49. The Bertz CT molecular complexity index is 218. The van der Waals surface area contributed by atoms with Crippen LogP contribution in [0.4, 0.5) is 0 Å². The van der Waals surface area contributed by atoms with Crippen LogP contribution in [0.1, 0.15) is 6.42 Å². The lowest BCUT2D eigenvalue weighted by Crippen LogP contribution is -2.43. The number of amides is 1. The van der Waals surface area contributed by atoms with Crippen molar-refractivity contribution >= 4 is 11.9 Å². The van der Waals surface area contributed by atoms with Crippen LogP contribution in [0, 0.1) is 12.3 Å². The van der Waals surface area contributed by atoms with Crippen molar-refractivity contribution in [2.45, 2.75) is 12.5 Å². The van der Waals surface area contributed by atoms with Gasteiger partial charge in [-0.25, -0.2) is 4.79 Å². The number of carboxylic acid groups (broad SMARTS) is 1. The largest absolute Gasteiger partial charge is 0.480 e. The van der Waals surface area contributed by atoms with Crippen LogP contribution in [-0.2, 0) is 9.59 Å². The average molecular weight is 171 g/mol. The van der Waals surface area contributed by atoms with Crippen LogP contribution >= 0.6 is 0 Å². The number of aliphatic hydroxyl groups is 1. The van der Waals surface area contributed by atoms with Crippen LogP contribution in [0.15, 0.2) is 0 Å². The first kappa shape index (κ1) is 10.5. The molecule has 0 aromatic heterocycles. The Morgan fingerprint density at radius 1 is 1.58 bits per heavy atom. The second-order valence-electron chi connectivity index (χ2n) is 2.02. The molecule has 3 N–H and O–H groups in total. The summed E-state index contributed by atoms with van der Waals surface area (Å²) in [5, 5.41) is 18.9. The molecule has 0 saturated carbocycles. The number of aliphatic carboxylic acids is 1. The van der Waals surface area contributed by atoms with Crippen molar-refractivity contribution in [2.75, 3.05) is 6.61 Å². The van der Waals surface area contributed by atoms with Crippen molar-refractivity contribution in [1.82, 2.24) is 5.32 Å². The van der Waals surface area contributed by atoms with E-state index in [4.69, 9.17) is 16.6 Å². The van der Waals surface area contributed by atoms with Gasteiger partial charge in [0, 0.05) is 0 Å². The maximum atomic E-state index is 10.7. The van der Waals surface area contributed by atoms with Gasteiger partial charge in [-0.2, -0.15) is 0 Å². The van der Waals surface area contributed by atoms with Gasteiger partial charge in [0.05, 0.1) is 13.0 Å². The first-order valence-electron chi connectivity index (χ1n) is 3.18. The van der Waals surface area contributed by atoms with E-state index in [-0.39, 0.29) is 6.42 Å². The SMILES string of the molecule is C#CCC(=O)N[C@@H](CO)C(=O)O. The van der Waals surface area contributed by atoms with E-state index in [0.717, 1.165) is 0 Å². The summed E-state index contributed by atoms with van der Waals surface area (Å²) in [6.45, 7) is -0.647. The number of terminal acetylenes is 1. The highest BCUT2D eigenvalue weighted by atomic mass is 16.4. The van der Waals surface area contributed by atoms with E-state index < -0.39 is 24.5 Å². The Balaban J connectivity index is 3.96. The summed E-state index contributed by atoms with van der Waals surface area (Å²) < 4.78 is 0. The summed E-state index contributed by atoms with van der Waals surface area (Å²) >= 11 is 0. The van der Waals surface area contributed by atoms with E-state index in [9.17, 15) is 9.59 Å². The second-order valence-corrected chi connectivity index (χ2v) is 2.02. The van der Waals surface area contributed by atoms with Gasteiger partial charge in [-0.1, -0.05) is 5.92 Å². The number of carbonyl (C=O) groups excluding carboxylic acids is 1. The van der Waals surface area contributed by atoms with E-state index in [1.54, 1.807) is 0 Å². The van der Waals surface area contributed by atoms with Crippen molar-refractivity contribution in [3.8, 4) is 12.3 Å². The smallest absolute Gasteiger partial charge is 0.328 e. The normalized spacial score (nSPS) is 11.3. The minimum absolute atomic E-state index is 0.191. The van der Waals surface area contributed by atoms with Crippen LogP contribution in [0.2, 0.25) is 0 Å². The van der Waals surface area contributed by atoms with E-state index >= 15 is 0 Å². The second kappa shape index (κ2) is 5.16. The summed E-state index contributed by atoms with van der Waals surface area (Å²) in [6, 6.07) is -1.27. The predicted octanol–water partition coefficient (Wildman–Crippen LogP) is -1.43. The fourth-order valence-corrected chi connectivity index (χ4v) is 0.524. The minimum Gasteiger partial charge on any atom is -0.480 e. The van der Waals surface area contributed by atoms with Crippen molar-refractivity contribution < 1.29 is 19.8 Å². The minimum atomic E-state index is -1.29. The number of hydrogen-bond donors (Lipinski definition) is 3. The van der Waals surface area contributed by atoms with Gasteiger partial charge in [-0.15, -0.1) is 6.42 Å². The zero-order valence-electron chi connectivity index (χ0n) is 6.28. The molecule has 0 fully saturated rings. The number of carboxylic acids is 1. The quantitative estimate of drug-likeness (QED) is 0.453. The third kappa shape index (κ3) is 3.58. The lowest BCUT2D eigenvalue weighted by Gasteiger charge is -2.09. The van der Waals surface area contributed by atoms with Crippen molar-refractivity contribution in [3.05, 3.63) is 0 Å². The van der Waals surface area contributed by atoms with Gasteiger partial charge < -0.3 is 15.5 Å². The molecule has 0 aromatic carbocycles. The van der Waals surface area contributed by atoms with Gasteiger partial charge in [0.15, 0.2) is 0 Å². The van der Waals surface area contributed by atoms with Crippen LogP contribution in [-0.4, -0.2) is 34.7 Å². The first-order chi connectivity index (χ1) is 5.61. The zero-order chi connectivity index (χ0) is 9.56. The summed E-state index contributed by atoms with van der Waals surface area (Å²) in [5.74, 6) is 0.176. The highest BCUT2D eigenvalue weighted by Gasteiger charge is 2.17. The Hall–Kier alpha value is -1.54. The van der Waals surface area contributed by atoms with Crippen LogP contribution < -0.4 is 5.32 Å². The van der Waals surface area contributed by atoms with Gasteiger partial charge in [0.25, 0.3) is 0 Å². The van der Waals surface area contributed by atoms with Gasteiger partial charge in [-0.3, -0.25) is 4.79 Å². The fraction of sp³-hybridized carbons (Fsp3) is 0.429. The Labute approximate surface area is 69.4 Å². The van der Waals surface area contributed by atoms with Crippen LogP contribution in [0.3, 0.4) is 0 Å². The molecule has 0 saturated heterocycles. The summed E-state index contributed by atoms with van der Waals surface area (Å²) in [6.07, 6.45) is 4.61. The van der Waals surface area contributed by atoms with Crippen LogP contribution in [0.5, 0.6) is 0 Å². The highest BCUT2D eigenvalue weighted by molar-refractivity contribution is 5.84. The van der Waals surface area contributed by atoms with Gasteiger partial charge in [-0.05, 0) is 0 Å². The van der Waals surface area contributed by atoms with E-state index in [2.05, 4.69) is 0 Å². The molecule has 5 nitrogen and oxygen atoms in total.